The summed E-state index contributed by atoms with van der Waals surface area (Å²) >= 11 is 0. The Labute approximate surface area is 96.6 Å². The Morgan fingerprint density at radius 1 is 1.31 bits per heavy atom. The zero-order chi connectivity index (χ0) is 12.2. The first-order chi connectivity index (χ1) is 7.40. The molecule has 0 amide bonds. The third kappa shape index (κ3) is 4.45. The number of carbonyl (C=O) groups excluding carboxylic acids is 1. The fraction of sp³-hybridized carbons (Fsp3) is 0.462. The van der Waals surface area contributed by atoms with Crippen molar-refractivity contribution in [3.63, 3.8) is 0 Å². The maximum absolute atomic E-state index is 10.4. The SMILES string of the molecule is CC(C)(C)Oc1ccc(CC(N)C=O)cc1. The van der Waals surface area contributed by atoms with Crippen LogP contribution in [0, 0.1) is 0 Å². The molecule has 0 aromatic heterocycles. The van der Waals surface area contributed by atoms with Gasteiger partial charge in [-0.25, -0.2) is 0 Å². The van der Waals surface area contributed by atoms with Crippen LogP contribution in [0.25, 0.3) is 0 Å². The fourth-order valence-corrected chi connectivity index (χ4v) is 1.37. The summed E-state index contributed by atoms with van der Waals surface area (Å²) in [4.78, 5) is 10.4. The number of aldehydes is 1. The number of hydrogen-bond acceptors (Lipinski definition) is 3. The van der Waals surface area contributed by atoms with Gasteiger partial charge in [0.2, 0.25) is 0 Å². The van der Waals surface area contributed by atoms with Gasteiger partial charge in [-0.15, -0.1) is 0 Å². The van der Waals surface area contributed by atoms with Crippen molar-refractivity contribution in [2.45, 2.75) is 38.8 Å². The van der Waals surface area contributed by atoms with E-state index < -0.39 is 6.04 Å². The summed E-state index contributed by atoms with van der Waals surface area (Å²) < 4.78 is 5.69. The standard InChI is InChI=1S/C13H19NO2/c1-13(2,3)16-12-6-4-10(5-7-12)8-11(14)9-15/h4-7,9,11H,8,14H2,1-3H3. The van der Waals surface area contributed by atoms with Crippen LogP contribution < -0.4 is 10.5 Å². The summed E-state index contributed by atoms with van der Waals surface area (Å²) in [5, 5.41) is 0. The highest BCUT2D eigenvalue weighted by Gasteiger charge is 2.11. The average molecular weight is 221 g/mol. The first-order valence-corrected chi connectivity index (χ1v) is 5.39. The molecular weight excluding hydrogens is 202 g/mol. The van der Waals surface area contributed by atoms with Gasteiger partial charge in [-0.3, -0.25) is 0 Å². The lowest BCUT2D eigenvalue weighted by molar-refractivity contribution is -0.108. The van der Waals surface area contributed by atoms with E-state index in [1.807, 2.05) is 45.0 Å². The number of hydrogen-bond donors (Lipinski definition) is 1. The third-order valence-electron chi connectivity index (χ3n) is 1.99. The normalized spacial score (nSPS) is 13.2. The van der Waals surface area contributed by atoms with Crippen molar-refractivity contribution in [1.82, 2.24) is 0 Å². The number of benzene rings is 1. The van der Waals surface area contributed by atoms with Crippen LogP contribution in [0.3, 0.4) is 0 Å². The summed E-state index contributed by atoms with van der Waals surface area (Å²) in [7, 11) is 0. The van der Waals surface area contributed by atoms with Crippen LogP contribution in [0.15, 0.2) is 24.3 Å². The molecule has 2 N–H and O–H groups in total. The van der Waals surface area contributed by atoms with Gasteiger partial charge in [-0.2, -0.15) is 0 Å². The predicted octanol–water partition coefficient (Wildman–Crippen LogP) is 1.93. The van der Waals surface area contributed by atoms with Crippen molar-refractivity contribution < 1.29 is 9.53 Å². The molecule has 0 spiro atoms. The molecule has 0 aliphatic heterocycles. The molecule has 0 heterocycles. The minimum absolute atomic E-state index is 0.194. The van der Waals surface area contributed by atoms with Crippen molar-refractivity contribution in [3.05, 3.63) is 29.8 Å². The van der Waals surface area contributed by atoms with Crippen molar-refractivity contribution in [1.29, 1.82) is 0 Å². The Hall–Kier alpha value is -1.35. The highest BCUT2D eigenvalue weighted by molar-refractivity contribution is 5.57. The Kier molecular flexibility index (Phi) is 4.07. The molecule has 1 aromatic rings. The van der Waals surface area contributed by atoms with E-state index in [1.54, 1.807) is 0 Å². The van der Waals surface area contributed by atoms with E-state index in [2.05, 4.69) is 0 Å². The third-order valence-corrected chi connectivity index (χ3v) is 1.99. The lowest BCUT2D eigenvalue weighted by Crippen LogP contribution is -2.24. The molecule has 0 saturated carbocycles. The molecule has 1 atom stereocenters. The molecule has 0 bridgehead atoms. The molecule has 3 nitrogen and oxygen atoms in total. The molecule has 16 heavy (non-hydrogen) atoms. The molecule has 1 rings (SSSR count). The van der Waals surface area contributed by atoms with Gasteiger partial charge in [0, 0.05) is 0 Å². The smallest absolute Gasteiger partial charge is 0.137 e. The Morgan fingerprint density at radius 3 is 2.31 bits per heavy atom. The van der Waals surface area contributed by atoms with Crippen molar-refractivity contribution in [2.24, 2.45) is 5.73 Å². The van der Waals surface area contributed by atoms with Crippen LogP contribution >= 0.6 is 0 Å². The zero-order valence-corrected chi connectivity index (χ0v) is 10.1. The van der Waals surface area contributed by atoms with Crippen molar-refractivity contribution >= 4 is 6.29 Å². The summed E-state index contributed by atoms with van der Waals surface area (Å²) in [5.74, 6) is 0.830. The van der Waals surface area contributed by atoms with Crippen LogP contribution in [0.4, 0.5) is 0 Å². The minimum Gasteiger partial charge on any atom is -0.488 e. The van der Waals surface area contributed by atoms with Crippen molar-refractivity contribution in [2.75, 3.05) is 0 Å². The van der Waals surface area contributed by atoms with Crippen LogP contribution in [0.5, 0.6) is 5.75 Å². The molecule has 0 fully saturated rings. The molecule has 0 aliphatic rings. The van der Waals surface area contributed by atoms with Crippen LogP contribution in [-0.2, 0) is 11.2 Å². The molecular formula is C13H19NO2. The highest BCUT2D eigenvalue weighted by atomic mass is 16.5. The molecule has 88 valence electrons. The van der Waals surface area contributed by atoms with E-state index >= 15 is 0 Å². The lowest BCUT2D eigenvalue weighted by atomic mass is 10.1. The predicted molar refractivity (Wildman–Crippen MR) is 64.6 cm³/mol. The van der Waals surface area contributed by atoms with E-state index in [0.717, 1.165) is 17.6 Å². The first kappa shape index (κ1) is 12.7. The van der Waals surface area contributed by atoms with Gasteiger partial charge in [0.15, 0.2) is 0 Å². The van der Waals surface area contributed by atoms with Gasteiger partial charge in [0.1, 0.15) is 17.6 Å². The second-order valence-electron chi connectivity index (χ2n) is 4.86. The molecule has 0 radical (unpaired) electrons. The second-order valence-corrected chi connectivity index (χ2v) is 4.86. The molecule has 1 unspecified atom stereocenters. The largest absolute Gasteiger partial charge is 0.488 e. The van der Waals surface area contributed by atoms with Gasteiger partial charge in [0.05, 0.1) is 6.04 Å². The topological polar surface area (TPSA) is 52.3 Å². The van der Waals surface area contributed by atoms with Crippen LogP contribution in [-0.4, -0.2) is 17.9 Å². The summed E-state index contributed by atoms with van der Waals surface area (Å²) in [6.07, 6.45) is 1.33. The van der Waals surface area contributed by atoms with Gasteiger partial charge in [-0.1, -0.05) is 12.1 Å². The Morgan fingerprint density at radius 2 is 1.88 bits per heavy atom. The average Bonchev–Trinajstić information content (AvgIpc) is 2.18. The van der Waals surface area contributed by atoms with E-state index in [1.165, 1.54) is 0 Å². The Balaban J connectivity index is 2.64. The number of nitrogens with two attached hydrogens (primary N) is 1. The quantitative estimate of drug-likeness (QED) is 0.790. The van der Waals surface area contributed by atoms with E-state index in [4.69, 9.17) is 10.5 Å². The minimum atomic E-state index is -0.422. The van der Waals surface area contributed by atoms with E-state index in [9.17, 15) is 4.79 Å². The van der Waals surface area contributed by atoms with Gasteiger partial charge < -0.3 is 15.3 Å². The lowest BCUT2D eigenvalue weighted by Gasteiger charge is -2.21. The van der Waals surface area contributed by atoms with Gasteiger partial charge >= 0.3 is 0 Å². The maximum atomic E-state index is 10.4. The molecule has 3 heteroatoms. The zero-order valence-electron chi connectivity index (χ0n) is 10.1. The molecule has 1 aromatic carbocycles. The second kappa shape index (κ2) is 5.12. The van der Waals surface area contributed by atoms with Gasteiger partial charge in [0.25, 0.3) is 0 Å². The number of rotatable bonds is 4. The van der Waals surface area contributed by atoms with Crippen LogP contribution in [0.1, 0.15) is 26.3 Å². The number of carbonyl (C=O) groups is 1. The first-order valence-electron chi connectivity index (χ1n) is 5.39. The van der Waals surface area contributed by atoms with E-state index in [-0.39, 0.29) is 5.60 Å². The Bertz CT molecular complexity index is 338. The van der Waals surface area contributed by atoms with Crippen molar-refractivity contribution in [3.8, 4) is 5.75 Å². The molecule has 0 saturated heterocycles. The monoisotopic (exact) mass is 221 g/mol. The summed E-state index contributed by atoms with van der Waals surface area (Å²) in [5.41, 5.74) is 6.39. The van der Waals surface area contributed by atoms with Crippen LogP contribution in [0.2, 0.25) is 0 Å². The van der Waals surface area contributed by atoms with E-state index in [0.29, 0.717) is 6.42 Å². The fourth-order valence-electron chi connectivity index (χ4n) is 1.37. The summed E-state index contributed by atoms with van der Waals surface area (Å²) in [6, 6.07) is 7.25. The number of ether oxygens (including phenoxy) is 1. The molecule has 0 aliphatic carbocycles. The maximum Gasteiger partial charge on any atom is 0.137 e. The summed E-state index contributed by atoms with van der Waals surface area (Å²) in [6.45, 7) is 6.01. The highest BCUT2D eigenvalue weighted by Crippen LogP contribution is 2.18. The van der Waals surface area contributed by atoms with Gasteiger partial charge in [-0.05, 0) is 44.9 Å².